The molecule has 0 radical (unpaired) electrons. The highest BCUT2D eigenvalue weighted by molar-refractivity contribution is 7.18. The maximum Gasteiger partial charge on any atom is 0.262 e. The van der Waals surface area contributed by atoms with E-state index < -0.39 is 0 Å². The van der Waals surface area contributed by atoms with Gasteiger partial charge in [-0.25, -0.2) is 4.98 Å². The van der Waals surface area contributed by atoms with E-state index in [0.717, 1.165) is 29.8 Å². The van der Waals surface area contributed by atoms with Crippen molar-refractivity contribution < 1.29 is 4.79 Å². The molecule has 134 valence electrons. The maximum absolute atomic E-state index is 12.7. The Bertz CT molecular complexity index is 993. The van der Waals surface area contributed by atoms with Crippen molar-refractivity contribution in [1.29, 1.82) is 0 Å². The molecule has 5 nitrogen and oxygen atoms in total. The summed E-state index contributed by atoms with van der Waals surface area (Å²) in [5, 5.41) is 0.713. The van der Waals surface area contributed by atoms with Crippen LogP contribution >= 0.6 is 11.3 Å². The van der Waals surface area contributed by atoms with Gasteiger partial charge in [-0.3, -0.25) is 14.2 Å². The number of fused-ring (bicyclic) bond motifs is 1. The SMILES string of the molecule is CCc1cc2c(=O)n(CC3CCN(C(=O)c4ccccc4)C3)cnc2s1. The van der Waals surface area contributed by atoms with Crippen LogP contribution in [0.1, 0.15) is 28.6 Å². The van der Waals surface area contributed by atoms with Gasteiger partial charge in [-0.2, -0.15) is 0 Å². The predicted octanol–water partition coefficient (Wildman–Crippen LogP) is 3.18. The predicted molar refractivity (Wildman–Crippen MR) is 104 cm³/mol. The van der Waals surface area contributed by atoms with Gasteiger partial charge in [0.15, 0.2) is 0 Å². The molecule has 0 aliphatic carbocycles. The molecule has 1 aliphatic heterocycles. The van der Waals surface area contributed by atoms with E-state index in [0.29, 0.717) is 18.5 Å². The van der Waals surface area contributed by atoms with E-state index in [4.69, 9.17) is 0 Å². The standard InChI is InChI=1S/C20H21N3O2S/c1-2-16-10-17-18(26-16)21-13-23(20(17)25)12-14-8-9-22(11-14)19(24)15-6-4-3-5-7-15/h3-7,10,13-14H,2,8-9,11-12H2,1H3. The first-order valence-electron chi connectivity index (χ1n) is 8.98. The fraction of sp³-hybridized carbons (Fsp3) is 0.350. The van der Waals surface area contributed by atoms with E-state index in [1.807, 2.05) is 41.3 Å². The van der Waals surface area contributed by atoms with E-state index in [1.165, 1.54) is 4.88 Å². The van der Waals surface area contributed by atoms with Gasteiger partial charge in [-0.1, -0.05) is 25.1 Å². The molecular weight excluding hydrogens is 346 g/mol. The molecule has 3 aromatic rings. The third-order valence-corrected chi connectivity index (χ3v) is 6.15. The Morgan fingerprint density at radius 1 is 1.31 bits per heavy atom. The monoisotopic (exact) mass is 367 g/mol. The molecule has 1 unspecified atom stereocenters. The number of hydrogen-bond donors (Lipinski definition) is 0. The minimum Gasteiger partial charge on any atom is -0.338 e. The Kier molecular flexibility index (Phi) is 4.59. The average Bonchev–Trinajstić information content (AvgIpc) is 3.31. The highest BCUT2D eigenvalue weighted by Gasteiger charge is 2.27. The number of thiophene rings is 1. The molecule has 1 aromatic carbocycles. The second kappa shape index (κ2) is 7.03. The zero-order valence-electron chi connectivity index (χ0n) is 14.7. The lowest BCUT2D eigenvalue weighted by atomic mass is 10.1. The lowest BCUT2D eigenvalue weighted by Gasteiger charge is -2.17. The Morgan fingerprint density at radius 3 is 2.88 bits per heavy atom. The van der Waals surface area contributed by atoms with Gasteiger partial charge in [-0.05, 0) is 37.0 Å². The summed E-state index contributed by atoms with van der Waals surface area (Å²) in [5.41, 5.74) is 0.748. The van der Waals surface area contributed by atoms with Crippen molar-refractivity contribution in [2.45, 2.75) is 26.3 Å². The van der Waals surface area contributed by atoms with Crippen LogP contribution < -0.4 is 5.56 Å². The first-order valence-corrected chi connectivity index (χ1v) is 9.79. The molecule has 0 saturated carbocycles. The number of nitrogens with zero attached hydrogens (tertiary/aromatic N) is 3. The van der Waals surface area contributed by atoms with E-state index in [2.05, 4.69) is 11.9 Å². The first-order chi connectivity index (χ1) is 12.7. The van der Waals surface area contributed by atoms with Crippen molar-refractivity contribution >= 4 is 27.5 Å². The maximum atomic E-state index is 12.7. The van der Waals surface area contributed by atoms with Gasteiger partial charge in [0.2, 0.25) is 0 Å². The second-order valence-corrected chi connectivity index (χ2v) is 7.87. The molecule has 0 spiro atoms. The number of likely N-dealkylation sites (tertiary alicyclic amines) is 1. The third-order valence-electron chi connectivity index (χ3n) is 4.97. The number of carbonyl (C=O) groups excluding carboxylic acids is 1. The summed E-state index contributed by atoms with van der Waals surface area (Å²) in [6, 6.07) is 11.3. The summed E-state index contributed by atoms with van der Waals surface area (Å²) in [6.07, 6.45) is 3.48. The van der Waals surface area contributed by atoms with Crippen LogP contribution in [0.15, 0.2) is 47.5 Å². The van der Waals surface area contributed by atoms with Crippen LogP contribution in [-0.4, -0.2) is 33.4 Å². The van der Waals surface area contributed by atoms with Gasteiger partial charge in [0.05, 0.1) is 11.7 Å². The van der Waals surface area contributed by atoms with Crippen molar-refractivity contribution in [2.75, 3.05) is 13.1 Å². The molecule has 0 N–H and O–H groups in total. The number of aryl methyl sites for hydroxylation is 1. The van der Waals surface area contributed by atoms with E-state index >= 15 is 0 Å². The van der Waals surface area contributed by atoms with Gasteiger partial charge in [0.1, 0.15) is 4.83 Å². The Morgan fingerprint density at radius 2 is 2.12 bits per heavy atom. The molecular formula is C20H21N3O2S. The fourth-order valence-electron chi connectivity index (χ4n) is 3.52. The lowest BCUT2D eigenvalue weighted by molar-refractivity contribution is 0.0786. The van der Waals surface area contributed by atoms with E-state index in [9.17, 15) is 9.59 Å². The smallest absolute Gasteiger partial charge is 0.262 e. The molecule has 2 aromatic heterocycles. The summed E-state index contributed by atoms with van der Waals surface area (Å²) >= 11 is 1.59. The number of benzene rings is 1. The molecule has 0 bridgehead atoms. The van der Waals surface area contributed by atoms with Crippen molar-refractivity contribution in [1.82, 2.24) is 14.5 Å². The normalized spacial score (nSPS) is 17.1. The van der Waals surface area contributed by atoms with Crippen LogP contribution in [0, 0.1) is 5.92 Å². The summed E-state index contributed by atoms with van der Waals surface area (Å²) in [7, 11) is 0. The minimum atomic E-state index is 0.0267. The van der Waals surface area contributed by atoms with Crippen LogP contribution in [0.3, 0.4) is 0 Å². The molecule has 6 heteroatoms. The van der Waals surface area contributed by atoms with Crippen LogP contribution in [0.25, 0.3) is 10.2 Å². The Balaban J connectivity index is 1.49. The molecule has 1 saturated heterocycles. The number of rotatable bonds is 4. The third kappa shape index (κ3) is 3.17. The lowest BCUT2D eigenvalue weighted by Crippen LogP contribution is -2.30. The molecule has 26 heavy (non-hydrogen) atoms. The van der Waals surface area contributed by atoms with Crippen molar-refractivity contribution in [3.63, 3.8) is 0 Å². The van der Waals surface area contributed by atoms with Crippen LogP contribution in [0.2, 0.25) is 0 Å². The van der Waals surface area contributed by atoms with Crippen molar-refractivity contribution in [2.24, 2.45) is 5.92 Å². The summed E-state index contributed by atoms with van der Waals surface area (Å²) < 4.78 is 1.70. The minimum absolute atomic E-state index is 0.0267. The molecule has 1 atom stereocenters. The zero-order chi connectivity index (χ0) is 18.1. The molecule has 1 amide bonds. The fourth-order valence-corrected chi connectivity index (χ4v) is 4.45. The number of carbonyl (C=O) groups is 1. The summed E-state index contributed by atoms with van der Waals surface area (Å²) in [5.74, 6) is 0.350. The van der Waals surface area contributed by atoms with Crippen molar-refractivity contribution in [3.05, 3.63) is 63.5 Å². The molecule has 1 fully saturated rings. The van der Waals surface area contributed by atoms with Gasteiger partial charge >= 0.3 is 0 Å². The van der Waals surface area contributed by atoms with Crippen LogP contribution in [0.4, 0.5) is 0 Å². The highest BCUT2D eigenvalue weighted by Crippen LogP contribution is 2.23. The van der Waals surface area contributed by atoms with Crippen molar-refractivity contribution in [3.8, 4) is 0 Å². The Labute approximate surface area is 155 Å². The second-order valence-electron chi connectivity index (χ2n) is 6.76. The number of hydrogen-bond acceptors (Lipinski definition) is 4. The highest BCUT2D eigenvalue weighted by atomic mass is 32.1. The van der Waals surface area contributed by atoms with Crippen LogP contribution in [-0.2, 0) is 13.0 Å². The van der Waals surface area contributed by atoms with Crippen LogP contribution in [0.5, 0.6) is 0 Å². The topological polar surface area (TPSA) is 55.2 Å². The molecule has 3 heterocycles. The zero-order valence-corrected chi connectivity index (χ0v) is 15.5. The number of amides is 1. The molecule has 1 aliphatic rings. The Hall–Kier alpha value is -2.47. The van der Waals surface area contributed by atoms with Gasteiger partial charge in [0.25, 0.3) is 11.5 Å². The largest absolute Gasteiger partial charge is 0.338 e. The first kappa shape index (κ1) is 17.0. The van der Waals surface area contributed by atoms with Gasteiger partial charge in [0, 0.05) is 30.1 Å². The van der Waals surface area contributed by atoms with Gasteiger partial charge in [-0.15, -0.1) is 11.3 Å². The van der Waals surface area contributed by atoms with E-state index in [1.54, 1.807) is 22.2 Å². The van der Waals surface area contributed by atoms with E-state index in [-0.39, 0.29) is 17.4 Å². The molecule has 4 rings (SSSR count). The van der Waals surface area contributed by atoms with Gasteiger partial charge < -0.3 is 4.90 Å². The quantitative estimate of drug-likeness (QED) is 0.712. The summed E-state index contributed by atoms with van der Waals surface area (Å²) in [6.45, 7) is 4.11. The number of aromatic nitrogens is 2. The summed E-state index contributed by atoms with van der Waals surface area (Å²) in [4.78, 5) is 33.6. The average molecular weight is 367 g/mol.